The van der Waals surface area contributed by atoms with Gasteiger partial charge in [-0.15, -0.1) is 0 Å². The Labute approximate surface area is 126 Å². The standard InChI is InChI=1S/C19H22FN/c1-2-18(14-10-12-17(20)13-11-14)21-19(16-8-9-16)15-6-4-3-5-7-15/h3-7,10-13,16,18-19,21H,2,8-9H2,1H3. The molecule has 1 nitrogen and oxygen atoms in total. The highest BCUT2D eigenvalue weighted by Gasteiger charge is 2.33. The largest absolute Gasteiger partial charge is 0.303 e. The van der Waals surface area contributed by atoms with Gasteiger partial charge in [-0.3, -0.25) is 0 Å². The quantitative estimate of drug-likeness (QED) is 0.785. The Bertz CT molecular complexity index is 560. The van der Waals surface area contributed by atoms with Crippen LogP contribution in [0.4, 0.5) is 4.39 Å². The van der Waals surface area contributed by atoms with E-state index < -0.39 is 0 Å². The minimum Gasteiger partial charge on any atom is -0.303 e. The van der Waals surface area contributed by atoms with Gasteiger partial charge in [0.15, 0.2) is 0 Å². The molecule has 0 saturated heterocycles. The summed E-state index contributed by atoms with van der Waals surface area (Å²) < 4.78 is 13.1. The Morgan fingerprint density at radius 3 is 2.24 bits per heavy atom. The number of halogens is 1. The van der Waals surface area contributed by atoms with E-state index in [0.717, 1.165) is 12.3 Å². The summed E-state index contributed by atoms with van der Waals surface area (Å²) in [6.07, 6.45) is 3.60. The lowest BCUT2D eigenvalue weighted by atomic mass is 9.98. The molecule has 1 aliphatic carbocycles. The van der Waals surface area contributed by atoms with Crippen molar-refractivity contribution in [3.8, 4) is 0 Å². The normalized spacial score (nSPS) is 17.4. The molecule has 3 rings (SSSR count). The van der Waals surface area contributed by atoms with Crippen LogP contribution in [0.3, 0.4) is 0 Å². The molecule has 0 bridgehead atoms. The van der Waals surface area contributed by atoms with Crippen LogP contribution in [0.1, 0.15) is 49.4 Å². The van der Waals surface area contributed by atoms with Gasteiger partial charge in [-0.05, 0) is 48.4 Å². The van der Waals surface area contributed by atoms with Crippen molar-refractivity contribution in [1.82, 2.24) is 5.32 Å². The number of nitrogens with one attached hydrogen (secondary N) is 1. The zero-order chi connectivity index (χ0) is 14.7. The maximum Gasteiger partial charge on any atom is 0.123 e. The summed E-state index contributed by atoms with van der Waals surface area (Å²) >= 11 is 0. The van der Waals surface area contributed by atoms with Crippen molar-refractivity contribution in [3.05, 3.63) is 71.5 Å². The van der Waals surface area contributed by atoms with Gasteiger partial charge in [0, 0.05) is 12.1 Å². The van der Waals surface area contributed by atoms with Crippen molar-refractivity contribution >= 4 is 0 Å². The summed E-state index contributed by atoms with van der Waals surface area (Å²) in [7, 11) is 0. The molecule has 1 fully saturated rings. The van der Waals surface area contributed by atoms with E-state index in [0.29, 0.717) is 6.04 Å². The molecule has 0 radical (unpaired) electrons. The monoisotopic (exact) mass is 283 g/mol. The van der Waals surface area contributed by atoms with Crippen molar-refractivity contribution in [2.45, 2.75) is 38.3 Å². The van der Waals surface area contributed by atoms with Crippen LogP contribution in [0, 0.1) is 11.7 Å². The van der Waals surface area contributed by atoms with E-state index >= 15 is 0 Å². The summed E-state index contributed by atoms with van der Waals surface area (Å²) in [5.74, 6) is 0.567. The molecule has 1 aliphatic rings. The third-order valence-corrected chi connectivity index (χ3v) is 4.31. The fourth-order valence-electron chi connectivity index (χ4n) is 2.96. The maximum absolute atomic E-state index is 13.1. The van der Waals surface area contributed by atoms with E-state index in [-0.39, 0.29) is 11.9 Å². The molecule has 21 heavy (non-hydrogen) atoms. The van der Waals surface area contributed by atoms with E-state index in [1.54, 1.807) is 12.1 Å². The molecule has 1 N–H and O–H groups in total. The first-order chi connectivity index (χ1) is 10.3. The lowest BCUT2D eigenvalue weighted by molar-refractivity contribution is 0.401. The molecule has 2 aromatic rings. The zero-order valence-electron chi connectivity index (χ0n) is 12.4. The molecule has 0 aromatic heterocycles. The van der Waals surface area contributed by atoms with Gasteiger partial charge >= 0.3 is 0 Å². The predicted octanol–water partition coefficient (Wildman–Crippen LogP) is 5.02. The second-order valence-electron chi connectivity index (χ2n) is 5.90. The molecule has 1 saturated carbocycles. The van der Waals surface area contributed by atoms with Gasteiger partial charge < -0.3 is 5.32 Å². The van der Waals surface area contributed by atoms with Gasteiger partial charge in [-0.25, -0.2) is 4.39 Å². The van der Waals surface area contributed by atoms with Crippen LogP contribution in [0.25, 0.3) is 0 Å². The van der Waals surface area contributed by atoms with Crippen LogP contribution in [0.5, 0.6) is 0 Å². The Hall–Kier alpha value is -1.67. The molecular formula is C19H22FN. The number of hydrogen-bond donors (Lipinski definition) is 1. The summed E-state index contributed by atoms with van der Waals surface area (Å²) in [5.41, 5.74) is 2.53. The Morgan fingerprint density at radius 1 is 1.00 bits per heavy atom. The molecule has 2 heteroatoms. The van der Waals surface area contributed by atoms with Gasteiger partial charge in [0.1, 0.15) is 5.82 Å². The zero-order valence-corrected chi connectivity index (χ0v) is 12.4. The molecule has 2 unspecified atom stereocenters. The Kier molecular flexibility index (Phi) is 4.35. The molecule has 110 valence electrons. The van der Waals surface area contributed by atoms with E-state index in [1.807, 2.05) is 12.1 Å². The SMILES string of the molecule is CCC(NC(c1ccccc1)C1CC1)c1ccc(F)cc1. The van der Waals surface area contributed by atoms with Crippen molar-refractivity contribution in [2.24, 2.45) is 5.92 Å². The molecule has 0 amide bonds. The summed E-state index contributed by atoms with van der Waals surface area (Å²) in [6.45, 7) is 2.18. The minimum atomic E-state index is -0.171. The summed E-state index contributed by atoms with van der Waals surface area (Å²) in [5, 5.41) is 3.80. The molecule has 2 aromatic carbocycles. The van der Waals surface area contributed by atoms with Crippen molar-refractivity contribution in [2.75, 3.05) is 0 Å². The van der Waals surface area contributed by atoms with Crippen LogP contribution < -0.4 is 5.32 Å². The lowest BCUT2D eigenvalue weighted by Crippen LogP contribution is -2.27. The Morgan fingerprint density at radius 2 is 1.67 bits per heavy atom. The van der Waals surface area contributed by atoms with Gasteiger partial charge in [0.05, 0.1) is 0 Å². The first-order valence-corrected chi connectivity index (χ1v) is 7.84. The first kappa shape index (κ1) is 14.3. The minimum absolute atomic E-state index is 0.171. The smallest absolute Gasteiger partial charge is 0.123 e. The van der Waals surface area contributed by atoms with Crippen LogP contribution in [-0.4, -0.2) is 0 Å². The highest BCUT2D eigenvalue weighted by molar-refractivity contribution is 5.24. The van der Waals surface area contributed by atoms with Gasteiger partial charge in [0.2, 0.25) is 0 Å². The highest BCUT2D eigenvalue weighted by Crippen LogP contribution is 2.42. The molecule has 0 heterocycles. The van der Waals surface area contributed by atoms with Crippen LogP contribution in [-0.2, 0) is 0 Å². The summed E-state index contributed by atoms with van der Waals surface area (Å²) in [4.78, 5) is 0. The van der Waals surface area contributed by atoms with Gasteiger partial charge in [-0.1, -0.05) is 49.4 Å². The van der Waals surface area contributed by atoms with E-state index in [2.05, 4.69) is 42.6 Å². The maximum atomic E-state index is 13.1. The van der Waals surface area contributed by atoms with Crippen LogP contribution >= 0.6 is 0 Å². The molecule has 2 atom stereocenters. The lowest BCUT2D eigenvalue weighted by Gasteiger charge is -2.26. The fraction of sp³-hybridized carbons (Fsp3) is 0.368. The third kappa shape index (κ3) is 3.51. The first-order valence-electron chi connectivity index (χ1n) is 7.84. The topological polar surface area (TPSA) is 12.0 Å². The molecule has 0 aliphatic heterocycles. The second-order valence-corrected chi connectivity index (χ2v) is 5.90. The number of hydrogen-bond acceptors (Lipinski definition) is 1. The Balaban J connectivity index is 1.79. The van der Waals surface area contributed by atoms with Crippen molar-refractivity contribution < 1.29 is 4.39 Å². The average molecular weight is 283 g/mol. The van der Waals surface area contributed by atoms with Crippen molar-refractivity contribution in [3.63, 3.8) is 0 Å². The molecule has 0 spiro atoms. The highest BCUT2D eigenvalue weighted by atomic mass is 19.1. The number of benzene rings is 2. The van der Waals surface area contributed by atoms with Gasteiger partial charge in [-0.2, -0.15) is 0 Å². The van der Waals surface area contributed by atoms with E-state index in [1.165, 1.54) is 24.0 Å². The average Bonchev–Trinajstić information content (AvgIpc) is 3.35. The fourth-order valence-corrected chi connectivity index (χ4v) is 2.96. The second kappa shape index (κ2) is 6.40. The third-order valence-electron chi connectivity index (χ3n) is 4.31. The number of rotatable bonds is 6. The van der Waals surface area contributed by atoms with E-state index in [9.17, 15) is 4.39 Å². The predicted molar refractivity (Wildman–Crippen MR) is 84.5 cm³/mol. The van der Waals surface area contributed by atoms with Crippen LogP contribution in [0.2, 0.25) is 0 Å². The van der Waals surface area contributed by atoms with Crippen molar-refractivity contribution in [1.29, 1.82) is 0 Å². The summed E-state index contributed by atoms with van der Waals surface area (Å²) in [6, 6.07) is 18.2. The van der Waals surface area contributed by atoms with E-state index in [4.69, 9.17) is 0 Å². The van der Waals surface area contributed by atoms with Gasteiger partial charge in [0.25, 0.3) is 0 Å². The van der Waals surface area contributed by atoms with Crippen LogP contribution in [0.15, 0.2) is 54.6 Å². The molecular weight excluding hydrogens is 261 g/mol.